The lowest BCUT2D eigenvalue weighted by atomic mass is 9.43. The fourth-order valence-electron chi connectivity index (χ4n) is 9.48. The van der Waals surface area contributed by atoms with Gasteiger partial charge in [-0.05, 0) is 131 Å². The van der Waals surface area contributed by atoms with Gasteiger partial charge in [0.2, 0.25) is 0 Å². The van der Waals surface area contributed by atoms with E-state index >= 15 is 0 Å². The lowest BCUT2D eigenvalue weighted by molar-refractivity contribution is -0.163. The van der Waals surface area contributed by atoms with E-state index < -0.39 is 11.2 Å². The SMILES string of the molecule is COC[C@@]1(O)CCC2(C)C3CCC4(C)C(CC[C@@H]4[C@H](C)CCC(C)(C)O)C3CC[C@H]2C1. The van der Waals surface area contributed by atoms with Gasteiger partial charge in [-0.15, -0.1) is 0 Å². The maximum Gasteiger partial charge on any atom is 0.0883 e. The van der Waals surface area contributed by atoms with Crippen LogP contribution in [-0.4, -0.2) is 35.1 Å². The van der Waals surface area contributed by atoms with E-state index in [9.17, 15) is 10.2 Å². The molecule has 0 saturated heterocycles. The van der Waals surface area contributed by atoms with E-state index in [-0.39, 0.29) is 0 Å². The maximum absolute atomic E-state index is 11.1. The molecule has 0 amide bonds. The van der Waals surface area contributed by atoms with E-state index in [1.54, 1.807) is 7.11 Å². The molecule has 4 aliphatic carbocycles. The van der Waals surface area contributed by atoms with Crippen molar-refractivity contribution in [1.29, 1.82) is 0 Å². The van der Waals surface area contributed by atoms with Crippen LogP contribution in [0.25, 0.3) is 0 Å². The van der Waals surface area contributed by atoms with Crippen molar-refractivity contribution in [2.45, 2.75) is 116 Å². The summed E-state index contributed by atoms with van der Waals surface area (Å²) in [5, 5.41) is 21.3. The highest BCUT2D eigenvalue weighted by atomic mass is 16.5. The van der Waals surface area contributed by atoms with Crippen LogP contribution in [0.5, 0.6) is 0 Å². The molecule has 0 aromatic carbocycles. The van der Waals surface area contributed by atoms with Crippen molar-refractivity contribution in [3.63, 3.8) is 0 Å². The first-order valence-electron chi connectivity index (χ1n) is 13.4. The van der Waals surface area contributed by atoms with E-state index in [2.05, 4.69) is 20.8 Å². The quantitative estimate of drug-likeness (QED) is 0.522. The van der Waals surface area contributed by atoms with E-state index in [0.717, 1.165) is 49.4 Å². The zero-order valence-corrected chi connectivity index (χ0v) is 21.3. The Morgan fingerprint density at radius 3 is 2.35 bits per heavy atom. The molecule has 0 heterocycles. The van der Waals surface area contributed by atoms with Crippen LogP contribution in [0.4, 0.5) is 0 Å². The second kappa shape index (κ2) is 8.27. The van der Waals surface area contributed by atoms with Crippen molar-refractivity contribution in [3.8, 4) is 0 Å². The number of rotatable bonds is 6. The topological polar surface area (TPSA) is 49.7 Å². The van der Waals surface area contributed by atoms with Gasteiger partial charge in [-0.3, -0.25) is 0 Å². The molecule has 0 radical (unpaired) electrons. The van der Waals surface area contributed by atoms with Gasteiger partial charge in [-0.25, -0.2) is 0 Å². The van der Waals surface area contributed by atoms with Crippen LogP contribution in [-0.2, 0) is 4.74 Å². The van der Waals surface area contributed by atoms with Gasteiger partial charge in [0.05, 0.1) is 17.8 Å². The van der Waals surface area contributed by atoms with Gasteiger partial charge in [0.25, 0.3) is 0 Å². The number of methoxy groups -OCH3 is 1. The molecule has 4 rings (SSSR count). The fourth-order valence-corrected chi connectivity index (χ4v) is 9.48. The van der Waals surface area contributed by atoms with Crippen molar-refractivity contribution >= 4 is 0 Å². The molecule has 0 bridgehead atoms. The first-order chi connectivity index (χ1) is 14.4. The minimum absolute atomic E-state index is 0.412. The van der Waals surface area contributed by atoms with Crippen molar-refractivity contribution in [3.05, 3.63) is 0 Å². The summed E-state index contributed by atoms with van der Waals surface area (Å²) in [4.78, 5) is 0. The van der Waals surface area contributed by atoms with Gasteiger partial charge in [0.1, 0.15) is 0 Å². The lowest BCUT2D eigenvalue weighted by Crippen LogP contribution is -2.56. The molecule has 5 unspecified atom stereocenters. The molecule has 0 spiro atoms. The highest BCUT2D eigenvalue weighted by Crippen LogP contribution is 2.68. The van der Waals surface area contributed by atoms with Crippen LogP contribution in [0.1, 0.15) is 105 Å². The third-order valence-corrected chi connectivity index (χ3v) is 11.2. The number of aliphatic hydroxyl groups is 2. The average Bonchev–Trinajstić information content (AvgIpc) is 3.04. The Kier molecular flexibility index (Phi) is 6.41. The van der Waals surface area contributed by atoms with E-state index in [1.807, 2.05) is 13.8 Å². The second-order valence-electron chi connectivity index (χ2n) is 13.6. The van der Waals surface area contributed by atoms with Crippen molar-refractivity contribution < 1.29 is 14.9 Å². The Balaban J connectivity index is 1.47. The van der Waals surface area contributed by atoms with Crippen LogP contribution in [0.3, 0.4) is 0 Å². The van der Waals surface area contributed by atoms with Crippen LogP contribution in [0.2, 0.25) is 0 Å². The Bertz CT molecular complexity index is 641. The van der Waals surface area contributed by atoms with Crippen LogP contribution < -0.4 is 0 Å². The zero-order chi connectivity index (χ0) is 22.7. The predicted octanol–water partition coefficient (Wildman–Crippen LogP) is 6.21. The molecule has 180 valence electrons. The number of hydrogen-bond donors (Lipinski definition) is 2. The van der Waals surface area contributed by atoms with E-state index in [0.29, 0.717) is 29.3 Å². The summed E-state index contributed by atoms with van der Waals surface area (Å²) in [6.45, 7) is 12.1. The van der Waals surface area contributed by atoms with Gasteiger partial charge in [0.15, 0.2) is 0 Å². The first kappa shape index (κ1) is 24.0. The summed E-state index contributed by atoms with van der Waals surface area (Å²) < 4.78 is 5.38. The van der Waals surface area contributed by atoms with Crippen LogP contribution in [0.15, 0.2) is 0 Å². The zero-order valence-electron chi connectivity index (χ0n) is 21.3. The van der Waals surface area contributed by atoms with E-state index in [1.165, 1.54) is 44.9 Å². The Morgan fingerprint density at radius 2 is 1.68 bits per heavy atom. The van der Waals surface area contributed by atoms with Crippen molar-refractivity contribution in [1.82, 2.24) is 0 Å². The predicted molar refractivity (Wildman–Crippen MR) is 127 cm³/mol. The summed E-state index contributed by atoms with van der Waals surface area (Å²) in [5.41, 5.74) is -0.226. The molecule has 31 heavy (non-hydrogen) atoms. The molecule has 9 atom stereocenters. The highest BCUT2D eigenvalue weighted by Gasteiger charge is 2.61. The van der Waals surface area contributed by atoms with Gasteiger partial charge < -0.3 is 14.9 Å². The summed E-state index contributed by atoms with van der Waals surface area (Å²) in [6.07, 6.45) is 13.4. The molecular formula is C28H50O3. The number of fused-ring (bicyclic) bond motifs is 5. The smallest absolute Gasteiger partial charge is 0.0883 e. The molecular weight excluding hydrogens is 384 g/mol. The molecule has 4 fully saturated rings. The Labute approximate surface area is 191 Å². The normalized spacial score (nSPS) is 48.6. The van der Waals surface area contributed by atoms with Crippen LogP contribution >= 0.6 is 0 Å². The summed E-state index contributed by atoms with van der Waals surface area (Å²) in [6, 6.07) is 0. The van der Waals surface area contributed by atoms with E-state index in [4.69, 9.17) is 4.74 Å². The highest BCUT2D eigenvalue weighted by molar-refractivity contribution is 5.11. The maximum atomic E-state index is 11.1. The van der Waals surface area contributed by atoms with Gasteiger partial charge in [0, 0.05) is 7.11 Å². The minimum atomic E-state index is -0.594. The van der Waals surface area contributed by atoms with Gasteiger partial charge >= 0.3 is 0 Å². The minimum Gasteiger partial charge on any atom is -0.390 e. The largest absolute Gasteiger partial charge is 0.390 e. The Hall–Kier alpha value is -0.120. The first-order valence-corrected chi connectivity index (χ1v) is 13.4. The molecule has 0 aromatic heterocycles. The van der Waals surface area contributed by atoms with Gasteiger partial charge in [-0.1, -0.05) is 20.8 Å². The third kappa shape index (κ3) is 4.26. The molecule has 4 aliphatic rings. The Morgan fingerprint density at radius 1 is 0.968 bits per heavy atom. The van der Waals surface area contributed by atoms with Crippen molar-refractivity contribution in [2.24, 2.45) is 46.3 Å². The molecule has 3 heteroatoms. The second-order valence-corrected chi connectivity index (χ2v) is 13.6. The monoisotopic (exact) mass is 434 g/mol. The molecule has 0 aliphatic heterocycles. The molecule has 2 N–H and O–H groups in total. The average molecular weight is 435 g/mol. The van der Waals surface area contributed by atoms with Crippen molar-refractivity contribution in [2.75, 3.05) is 13.7 Å². The summed E-state index contributed by atoms with van der Waals surface area (Å²) in [5.74, 6) is 4.82. The fraction of sp³-hybridized carbons (Fsp3) is 1.00. The van der Waals surface area contributed by atoms with Gasteiger partial charge in [-0.2, -0.15) is 0 Å². The number of ether oxygens (including phenoxy) is 1. The molecule has 4 saturated carbocycles. The summed E-state index contributed by atoms with van der Waals surface area (Å²) in [7, 11) is 1.73. The standard InChI is InChI=1S/C28H50O3/c1-19(11-13-25(2,3)29)22-9-10-23-21-8-7-20-17-28(30,18-31-6)16-15-26(20,4)24(21)12-14-27(22,23)5/h19-24,29-30H,7-18H2,1-6H3/t19-,20+,21?,22-,23?,24?,26?,27?,28-/m1/s1. The molecule has 0 aromatic rings. The third-order valence-electron chi connectivity index (χ3n) is 11.2. The molecule has 3 nitrogen and oxygen atoms in total. The lowest BCUT2D eigenvalue weighted by Gasteiger charge is -2.62. The summed E-state index contributed by atoms with van der Waals surface area (Å²) >= 11 is 0. The van der Waals surface area contributed by atoms with Crippen LogP contribution in [0, 0.1) is 46.3 Å². The number of hydrogen-bond acceptors (Lipinski definition) is 3.